The first-order valence-electron chi connectivity index (χ1n) is 10.7. The first kappa shape index (κ1) is 24.6. The number of ether oxygens (including phenoxy) is 1. The van der Waals surface area contributed by atoms with Gasteiger partial charge in [-0.15, -0.1) is 0 Å². The van der Waals surface area contributed by atoms with Crippen LogP contribution in [0.25, 0.3) is 0 Å². The Morgan fingerprint density at radius 3 is 2.44 bits per heavy atom. The highest BCUT2D eigenvalue weighted by Crippen LogP contribution is 2.52. The van der Waals surface area contributed by atoms with Gasteiger partial charge in [0.2, 0.25) is 5.91 Å². The van der Waals surface area contributed by atoms with Crippen LogP contribution in [-0.4, -0.2) is 41.6 Å². The van der Waals surface area contributed by atoms with Crippen LogP contribution < -0.4 is 0 Å². The average molecular weight is 478 g/mol. The highest BCUT2D eigenvalue weighted by molar-refractivity contribution is 6.30. The van der Waals surface area contributed by atoms with Crippen molar-refractivity contribution in [2.75, 3.05) is 13.7 Å². The Labute approximate surface area is 199 Å². The number of aliphatic carboxylic acids is 1. The molecular formula is C25H29Cl2NO4. The third kappa shape index (κ3) is 5.11. The van der Waals surface area contributed by atoms with Crippen LogP contribution in [0.1, 0.15) is 56.2 Å². The van der Waals surface area contributed by atoms with Crippen molar-refractivity contribution < 1.29 is 19.4 Å². The summed E-state index contributed by atoms with van der Waals surface area (Å²) in [6, 6.07) is 14.6. The molecule has 1 fully saturated rings. The van der Waals surface area contributed by atoms with E-state index in [0.717, 1.165) is 11.1 Å². The Morgan fingerprint density at radius 2 is 1.88 bits per heavy atom. The number of carboxylic acids is 1. The fourth-order valence-electron chi connectivity index (χ4n) is 4.87. The van der Waals surface area contributed by atoms with Crippen molar-refractivity contribution in [2.45, 2.75) is 51.1 Å². The van der Waals surface area contributed by atoms with Crippen molar-refractivity contribution in [3.63, 3.8) is 0 Å². The number of carboxylic acid groups (broad SMARTS) is 1. The largest absolute Gasteiger partial charge is 0.481 e. The summed E-state index contributed by atoms with van der Waals surface area (Å²) >= 11 is 12.5. The van der Waals surface area contributed by atoms with Gasteiger partial charge in [0.05, 0.1) is 30.5 Å². The number of likely N-dealkylation sites (tertiary alicyclic amines) is 1. The number of hydrogen-bond donors (Lipinski definition) is 1. The summed E-state index contributed by atoms with van der Waals surface area (Å²) < 4.78 is 5.46. The highest BCUT2D eigenvalue weighted by atomic mass is 35.5. The Kier molecular flexibility index (Phi) is 7.86. The van der Waals surface area contributed by atoms with E-state index in [9.17, 15) is 14.7 Å². The normalized spacial score (nSPS) is 24.4. The zero-order valence-corrected chi connectivity index (χ0v) is 20.1. The van der Waals surface area contributed by atoms with E-state index in [1.807, 2.05) is 60.4 Å². The number of halogens is 2. The van der Waals surface area contributed by atoms with Gasteiger partial charge in [-0.2, -0.15) is 0 Å². The lowest BCUT2D eigenvalue weighted by atomic mass is 9.67. The molecule has 1 amide bonds. The number of carbonyl (C=O) groups is 2. The van der Waals surface area contributed by atoms with Gasteiger partial charge in [-0.3, -0.25) is 9.59 Å². The van der Waals surface area contributed by atoms with Crippen LogP contribution in [0, 0.1) is 5.41 Å². The molecule has 4 unspecified atom stereocenters. The molecule has 1 N–H and O–H groups in total. The molecule has 0 bridgehead atoms. The van der Waals surface area contributed by atoms with Gasteiger partial charge < -0.3 is 14.7 Å². The maximum absolute atomic E-state index is 13.9. The van der Waals surface area contributed by atoms with Gasteiger partial charge in [-0.05, 0) is 48.2 Å². The van der Waals surface area contributed by atoms with Gasteiger partial charge >= 0.3 is 5.97 Å². The minimum absolute atomic E-state index is 0.150. The van der Waals surface area contributed by atoms with E-state index in [1.165, 1.54) is 0 Å². The van der Waals surface area contributed by atoms with Gasteiger partial charge in [-0.25, -0.2) is 0 Å². The minimum Gasteiger partial charge on any atom is -0.481 e. The van der Waals surface area contributed by atoms with Crippen LogP contribution >= 0.6 is 23.2 Å². The van der Waals surface area contributed by atoms with E-state index in [2.05, 4.69) is 0 Å². The van der Waals surface area contributed by atoms with Gasteiger partial charge in [0, 0.05) is 23.1 Å². The molecule has 3 rings (SSSR count). The number of carbonyl (C=O) groups excluding carboxylic acids is 1. The van der Waals surface area contributed by atoms with Crippen molar-refractivity contribution in [3.8, 4) is 0 Å². The fraction of sp³-hybridized carbons (Fsp3) is 0.440. The molecule has 0 saturated carbocycles. The number of hydrogen-bond acceptors (Lipinski definition) is 3. The quantitative estimate of drug-likeness (QED) is 0.509. The zero-order valence-electron chi connectivity index (χ0n) is 18.6. The Balaban J connectivity index is 2.22. The summed E-state index contributed by atoms with van der Waals surface area (Å²) in [6.45, 7) is 4.12. The van der Waals surface area contributed by atoms with Crippen LogP contribution in [-0.2, 0) is 14.3 Å². The predicted molar refractivity (Wildman–Crippen MR) is 126 cm³/mol. The predicted octanol–water partition coefficient (Wildman–Crippen LogP) is 5.96. The van der Waals surface area contributed by atoms with Crippen molar-refractivity contribution >= 4 is 35.1 Å². The first-order valence-corrected chi connectivity index (χ1v) is 11.5. The van der Waals surface area contributed by atoms with Gasteiger partial charge in [-0.1, -0.05) is 61.3 Å². The molecule has 2 aromatic rings. The molecule has 172 valence electrons. The second-order valence-corrected chi connectivity index (χ2v) is 9.60. The van der Waals surface area contributed by atoms with Gasteiger partial charge in [0.1, 0.15) is 0 Å². The lowest BCUT2D eigenvalue weighted by Gasteiger charge is -2.51. The summed E-state index contributed by atoms with van der Waals surface area (Å²) in [4.78, 5) is 27.5. The standard InChI is InChI=1S/C25H29Cl2NO4/c1-4-20(15-32-3)28-23(16-8-10-18(26)11-9-16)21(17-6-5-7-19(27)12-17)13-25(2,24(28)31)14-22(29)30/h5-12,20-21,23H,4,13-15H2,1-3H3,(H,29,30). The first-order chi connectivity index (χ1) is 15.2. The SMILES string of the molecule is CCC(COC)N1C(=O)C(C)(CC(=O)O)CC(c2cccc(Cl)c2)C1c1ccc(Cl)cc1. The third-order valence-electron chi connectivity index (χ3n) is 6.36. The maximum atomic E-state index is 13.9. The number of methoxy groups -OCH3 is 1. The molecule has 1 saturated heterocycles. The molecule has 1 aliphatic rings. The number of piperidine rings is 1. The molecular weight excluding hydrogens is 449 g/mol. The van der Waals surface area contributed by atoms with Crippen LogP contribution in [0.5, 0.6) is 0 Å². The van der Waals surface area contributed by atoms with Crippen molar-refractivity contribution in [2.24, 2.45) is 5.41 Å². The monoisotopic (exact) mass is 477 g/mol. The van der Waals surface area contributed by atoms with Crippen LogP contribution in [0.3, 0.4) is 0 Å². The number of rotatable bonds is 8. The molecule has 0 aliphatic carbocycles. The molecule has 1 heterocycles. The van der Waals surface area contributed by atoms with E-state index in [-0.39, 0.29) is 30.3 Å². The molecule has 0 spiro atoms. The molecule has 2 aromatic carbocycles. The van der Waals surface area contributed by atoms with E-state index in [1.54, 1.807) is 14.0 Å². The van der Waals surface area contributed by atoms with Gasteiger partial charge in [0.15, 0.2) is 0 Å². The molecule has 4 atom stereocenters. The van der Waals surface area contributed by atoms with Gasteiger partial charge in [0.25, 0.3) is 0 Å². The smallest absolute Gasteiger partial charge is 0.304 e. The lowest BCUT2D eigenvalue weighted by Crippen LogP contribution is -2.57. The molecule has 7 heteroatoms. The molecule has 5 nitrogen and oxygen atoms in total. The Morgan fingerprint density at radius 1 is 1.19 bits per heavy atom. The van der Waals surface area contributed by atoms with E-state index >= 15 is 0 Å². The summed E-state index contributed by atoms with van der Waals surface area (Å²) in [7, 11) is 1.61. The van der Waals surface area contributed by atoms with Crippen LogP contribution in [0.2, 0.25) is 10.0 Å². The van der Waals surface area contributed by atoms with E-state index in [0.29, 0.717) is 29.5 Å². The summed E-state index contributed by atoms with van der Waals surface area (Å²) in [5.41, 5.74) is 0.863. The Bertz CT molecular complexity index is 965. The van der Waals surface area contributed by atoms with Crippen molar-refractivity contribution in [3.05, 3.63) is 69.7 Å². The fourth-order valence-corrected chi connectivity index (χ4v) is 5.19. The van der Waals surface area contributed by atoms with Crippen molar-refractivity contribution in [1.82, 2.24) is 4.90 Å². The third-order valence-corrected chi connectivity index (χ3v) is 6.84. The van der Waals surface area contributed by atoms with Crippen LogP contribution in [0.15, 0.2) is 48.5 Å². The summed E-state index contributed by atoms with van der Waals surface area (Å²) in [6.07, 6.45) is 0.830. The number of amides is 1. The van der Waals surface area contributed by atoms with Crippen molar-refractivity contribution in [1.29, 1.82) is 0 Å². The van der Waals surface area contributed by atoms with E-state index in [4.69, 9.17) is 27.9 Å². The highest BCUT2D eigenvalue weighted by Gasteiger charge is 2.52. The number of benzene rings is 2. The second-order valence-electron chi connectivity index (χ2n) is 8.72. The summed E-state index contributed by atoms with van der Waals surface area (Å²) in [5, 5.41) is 10.8. The zero-order chi connectivity index (χ0) is 23.5. The Hall–Kier alpha value is -2.08. The topological polar surface area (TPSA) is 66.8 Å². The molecule has 32 heavy (non-hydrogen) atoms. The average Bonchev–Trinajstić information content (AvgIpc) is 2.74. The minimum atomic E-state index is -1.05. The molecule has 0 aromatic heterocycles. The second kappa shape index (κ2) is 10.2. The van der Waals surface area contributed by atoms with Crippen LogP contribution in [0.4, 0.5) is 0 Å². The lowest BCUT2D eigenvalue weighted by molar-refractivity contribution is -0.162. The molecule has 1 aliphatic heterocycles. The van der Waals surface area contributed by atoms with E-state index < -0.39 is 11.4 Å². The molecule has 0 radical (unpaired) electrons. The maximum Gasteiger partial charge on any atom is 0.304 e. The summed E-state index contributed by atoms with van der Waals surface area (Å²) in [5.74, 6) is -1.31. The number of nitrogens with zero attached hydrogens (tertiary/aromatic N) is 1.